The lowest BCUT2D eigenvalue weighted by Gasteiger charge is -2.22. The van der Waals surface area contributed by atoms with Crippen LogP contribution >= 0.6 is 11.8 Å². The Bertz CT molecular complexity index is 1190. The number of carbonyl (C=O) groups is 2. The fourth-order valence-corrected chi connectivity index (χ4v) is 4.41. The summed E-state index contributed by atoms with van der Waals surface area (Å²) in [7, 11) is 0. The quantitative estimate of drug-likeness (QED) is 0.323. The largest absolute Gasteiger partial charge is 0.459 e. The van der Waals surface area contributed by atoms with E-state index in [1.165, 1.54) is 6.26 Å². The van der Waals surface area contributed by atoms with Crippen LogP contribution in [0.4, 0.5) is 0 Å². The molecule has 0 spiro atoms. The Morgan fingerprint density at radius 3 is 2.58 bits per heavy atom. The molecule has 6 nitrogen and oxygen atoms in total. The number of furan rings is 1. The highest BCUT2D eigenvalue weighted by Gasteiger charge is 2.24. The lowest BCUT2D eigenvalue weighted by Crippen LogP contribution is -2.47. The maximum Gasteiger partial charge on any atom is 0.287 e. The minimum absolute atomic E-state index is 0.0340. The van der Waals surface area contributed by atoms with E-state index in [9.17, 15) is 9.59 Å². The molecule has 0 saturated heterocycles. The Hall–Kier alpha value is -3.45. The topological polar surface area (TPSA) is 87.1 Å². The van der Waals surface area contributed by atoms with E-state index in [0.717, 1.165) is 27.8 Å². The Balaban J connectivity index is 1.53. The van der Waals surface area contributed by atoms with Crippen LogP contribution in [0.3, 0.4) is 0 Å². The molecule has 170 valence electrons. The summed E-state index contributed by atoms with van der Waals surface area (Å²) in [6.07, 6.45) is 5.96. The molecule has 0 saturated carbocycles. The number of carbonyl (C=O) groups excluding carboxylic acids is 2. The summed E-state index contributed by atoms with van der Waals surface area (Å²) in [6.45, 7) is 0.414. The smallest absolute Gasteiger partial charge is 0.287 e. The molecule has 0 aliphatic heterocycles. The molecule has 2 unspecified atom stereocenters. The van der Waals surface area contributed by atoms with E-state index in [1.54, 1.807) is 23.9 Å². The third-order valence-electron chi connectivity index (χ3n) is 5.66. The highest BCUT2D eigenvalue weighted by Crippen LogP contribution is 2.30. The van der Waals surface area contributed by atoms with Crippen LogP contribution in [0.25, 0.3) is 10.9 Å². The summed E-state index contributed by atoms with van der Waals surface area (Å²) >= 11 is 1.63. The number of amides is 2. The first-order chi connectivity index (χ1) is 16.2. The molecule has 2 aromatic heterocycles. The minimum atomic E-state index is -0.644. The Morgan fingerprint density at radius 1 is 1.03 bits per heavy atom. The zero-order chi connectivity index (χ0) is 23.0. The van der Waals surface area contributed by atoms with Crippen molar-refractivity contribution in [2.24, 2.45) is 0 Å². The normalized spacial score (nSPS) is 12.9. The number of rotatable bonds is 10. The fourth-order valence-electron chi connectivity index (χ4n) is 3.94. The van der Waals surface area contributed by atoms with Crippen LogP contribution < -0.4 is 10.6 Å². The van der Waals surface area contributed by atoms with E-state index in [2.05, 4.69) is 33.8 Å². The maximum absolute atomic E-state index is 13.1. The molecule has 0 aliphatic rings. The molecule has 4 aromatic rings. The van der Waals surface area contributed by atoms with Gasteiger partial charge in [-0.05, 0) is 47.8 Å². The number of benzene rings is 2. The minimum Gasteiger partial charge on any atom is -0.459 e. The standard InChI is InChI=1S/C26H27N3O3S/c1-33-15-13-23(29-26(31)24-12-7-14-32-24)25(30)28-16-20(18-8-3-2-4-9-18)21-17-27-22-11-6-5-10-19(21)22/h2-12,14,17,20,23,27H,13,15-16H2,1H3,(H,28,30)(H,29,31). The first kappa shape index (κ1) is 22.7. The second kappa shape index (κ2) is 10.9. The summed E-state index contributed by atoms with van der Waals surface area (Å²) < 4.78 is 5.17. The van der Waals surface area contributed by atoms with Crippen LogP contribution in [0.15, 0.2) is 83.6 Å². The van der Waals surface area contributed by atoms with Crippen molar-refractivity contribution in [3.8, 4) is 0 Å². The number of aromatic nitrogens is 1. The average molecular weight is 462 g/mol. The van der Waals surface area contributed by atoms with Gasteiger partial charge in [0.1, 0.15) is 6.04 Å². The molecule has 0 aliphatic carbocycles. The van der Waals surface area contributed by atoms with E-state index in [1.807, 2.05) is 48.9 Å². The zero-order valence-electron chi connectivity index (χ0n) is 18.4. The number of para-hydroxylation sites is 1. The van der Waals surface area contributed by atoms with Gasteiger partial charge in [0.05, 0.1) is 6.26 Å². The zero-order valence-corrected chi connectivity index (χ0v) is 19.2. The van der Waals surface area contributed by atoms with Crippen molar-refractivity contribution in [2.75, 3.05) is 18.6 Å². The van der Waals surface area contributed by atoms with Gasteiger partial charge in [-0.15, -0.1) is 0 Å². The SMILES string of the molecule is CSCCC(NC(=O)c1ccco1)C(=O)NCC(c1ccccc1)c1c[nH]c2ccccc12. The van der Waals surface area contributed by atoms with Gasteiger partial charge in [0, 0.05) is 29.6 Å². The molecule has 2 aromatic carbocycles. The van der Waals surface area contributed by atoms with Crippen LogP contribution in [0.1, 0.15) is 34.0 Å². The van der Waals surface area contributed by atoms with Gasteiger partial charge in [0.25, 0.3) is 5.91 Å². The number of H-pyrrole nitrogens is 1. The molecule has 0 radical (unpaired) electrons. The monoisotopic (exact) mass is 461 g/mol. The Labute approximate surface area is 197 Å². The predicted octanol–water partition coefficient (Wildman–Crippen LogP) is 4.56. The number of fused-ring (bicyclic) bond motifs is 1. The van der Waals surface area contributed by atoms with Crippen LogP contribution in [0, 0.1) is 0 Å². The summed E-state index contributed by atoms with van der Waals surface area (Å²) in [5.41, 5.74) is 3.29. The highest BCUT2D eigenvalue weighted by atomic mass is 32.2. The summed E-state index contributed by atoms with van der Waals surface area (Å²) in [6, 6.07) is 20.9. The van der Waals surface area contributed by atoms with Gasteiger partial charge in [-0.3, -0.25) is 9.59 Å². The first-order valence-corrected chi connectivity index (χ1v) is 12.3. The molecular weight excluding hydrogens is 434 g/mol. The molecule has 3 N–H and O–H groups in total. The lowest BCUT2D eigenvalue weighted by molar-refractivity contribution is -0.123. The number of hydrogen-bond donors (Lipinski definition) is 3. The van der Waals surface area contributed by atoms with Crippen LogP contribution in [0.5, 0.6) is 0 Å². The molecule has 4 rings (SSSR count). The lowest BCUT2D eigenvalue weighted by atomic mass is 9.91. The van der Waals surface area contributed by atoms with Crippen molar-refractivity contribution in [1.82, 2.24) is 15.6 Å². The van der Waals surface area contributed by atoms with Crippen molar-refractivity contribution in [2.45, 2.75) is 18.4 Å². The third kappa shape index (κ3) is 5.49. The van der Waals surface area contributed by atoms with Crippen molar-refractivity contribution in [3.05, 3.63) is 96.1 Å². The number of thioether (sulfide) groups is 1. The van der Waals surface area contributed by atoms with Gasteiger partial charge in [-0.2, -0.15) is 11.8 Å². The first-order valence-electron chi connectivity index (χ1n) is 10.9. The number of aromatic amines is 1. The average Bonchev–Trinajstić information content (AvgIpc) is 3.53. The maximum atomic E-state index is 13.1. The predicted molar refractivity (Wildman–Crippen MR) is 133 cm³/mol. The summed E-state index contributed by atoms with van der Waals surface area (Å²) in [5, 5.41) is 7.03. The molecule has 0 fully saturated rings. The third-order valence-corrected chi connectivity index (χ3v) is 6.30. The van der Waals surface area contributed by atoms with Crippen molar-refractivity contribution in [1.29, 1.82) is 0 Å². The molecule has 33 heavy (non-hydrogen) atoms. The number of nitrogens with one attached hydrogen (secondary N) is 3. The molecule has 0 bridgehead atoms. The van der Waals surface area contributed by atoms with Crippen molar-refractivity contribution >= 4 is 34.5 Å². The van der Waals surface area contributed by atoms with Gasteiger partial charge in [0.2, 0.25) is 5.91 Å². The van der Waals surface area contributed by atoms with E-state index >= 15 is 0 Å². The Morgan fingerprint density at radius 2 is 1.82 bits per heavy atom. The molecule has 2 atom stereocenters. The van der Waals surface area contributed by atoms with Gasteiger partial charge in [-0.25, -0.2) is 0 Å². The molecule has 2 amide bonds. The van der Waals surface area contributed by atoms with E-state index in [-0.39, 0.29) is 17.6 Å². The van der Waals surface area contributed by atoms with Crippen LogP contribution in [0.2, 0.25) is 0 Å². The van der Waals surface area contributed by atoms with Gasteiger partial charge < -0.3 is 20.0 Å². The molecular formula is C26H27N3O3S. The number of hydrogen-bond acceptors (Lipinski definition) is 4. The second-order valence-corrected chi connectivity index (χ2v) is 8.77. The molecule has 2 heterocycles. The fraction of sp³-hybridized carbons (Fsp3) is 0.231. The van der Waals surface area contributed by atoms with Gasteiger partial charge in [0.15, 0.2) is 5.76 Å². The van der Waals surface area contributed by atoms with E-state index in [4.69, 9.17) is 4.42 Å². The highest BCUT2D eigenvalue weighted by molar-refractivity contribution is 7.98. The second-order valence-electron chi connectivity index (χ2n) is 7.78. The van der Waals surface area contributed by atoms with Gasteiger partial charge in [-0.1, -0.05) is 48.5 Å². The van der Waals surface area contributed by atoms with E-state index < -0.39 is 11.9 Å². The van der Waals surface area contributed by atoms with Crippen LogP contribution in [-0.2, 0) is 4.79 Å². The van der Waals surface area contributed by atoms with Gasteiger partial charge >= 0.3 is 0 Å². The van der Waals surface area contributed by atoms with Crippen LogP contribution in [-0.4, -0.2) is 41.4 Å². The summed E-state index contributed by atoms with van der Waals surface area (Å²) in [4.78, 5) is 29.0. The Kier molecular flexibility index (Phi) is 7.52. The van der Waals surface area contributed by atoms with Crippen molar-refractivity contribution < 1.29 is 14.0 Å². The van der Waals surface area contributed by atoms with Crippen molar-refractivity contribution in [3.63, 3.8) is 0 Å². The molecule has 7 heteroatoms. The van der Waals surface area contributed by atoms with E-state index in [0.29, 0.717) is 13.0 Å². The summed E-state index contributed by atoms with van der Waals surface area (Å²) in [5.74, 6) is 0.314.